The van der Waals surface area contributed by atoms with Crippen molar-refractivity contribution in [3.8, 4) is 16.9 Å². The number of carbonyl (C=O) groups excluding carboxylic acids is 2. The van der Waals surface area contributed by atoms with Gasteiger partial charge in [0.15, 0.2) is 0 Å². The second kappa shape index (κ2) is 11.1. The molecular weight excluding hydrogens is 536 g/mol. The molecule has 1 fully saturated rings. The molecule has 0 saturated carbocycles. The highest BCUT2D eigenvalue weighted by atomic mass is 32.1. The zero-order chi connectivity index (χ0) is 28.5. The number of hydrogen-bond acceptors (Lipinski definition) is 7. The van der Waals surface area contributed by atoms with Crippen LogP contribution in [0.4, 0.5) is 11.5 Å². The first kappa shape index (κ1) is 26.5. The lowest BCUT2D eigenvalue weighted by Gasteiger charge is -2.24. The van der Waals surface area contributed by atoms with Crippen molar-refractivity contribution in [2.24, 2.45) is 7.05 Å². The molecule has 0 radical (unpaired) electrons. The predicted molar refractivity (Wildman–Crippen MR) is 165 cm³/mol. The van der Waals surface area contributed by atoms with Crippen LogP contribution in [0.5, 0.6) is 5.75 Å². The van der Waals surface area contributed by atoms with Gasteiger partial charge >= 0.3 is 0 Å². The van der Waals surface area contributed by atoms with Gasteiger partial charge in [-0.25, -0.2) is 4.98 Å². The first-order valence-electron chi connectivity index (χ1n) is 13.3. The minimum Gasteiger partial charge on any atom is -0.495 e. The van der Waals surface area contributed by atoms with E-state index in [1.807, 2.05) is 66.2 Å². The zero-order valence-corrected chi connectivity index (χ0v) is 23.6. The third-order valence-corrected chi connectivity index (χ3v) is 8.40. The van der Waals surface area contributed by atoms with Crippen molar-refractivity contribution in [2.75, 3.05) is 44.3 Å². The molecule has 0 bridgehead atoms. The van der Waals surface area contributed by atoms with Gasteiger partial charge in [0.25, 0.3) is 5.91 Å². The van der Waals surface area contributed by atoms with Crippen molar-refractivity contribution in [3.05, 3.63) is 77.4 Å². The highest BCUT2D eigenvalue weighted by Crippen LogP contribution is 2.41. The molecule has 4 heterocycles. The summed E-state index contributed by atoms with van der Waals surface area (Å²) < 4.78 is 8.60. The molecule has 0 spiro atoms. The maximum Gasteiger partial charge on any atom is 0.272 e. The number of fused-ring (bicyclic) bond motifs is 2. The van der Waals surface area contributed by atoms with E-state index in [1.54, 1.807) is 24.6 Å². The van der Waals surface area contributed by atoms with Gasteiger partial charge in [-0.3, -0.25) is 14.5 Å². The number of nitrogens with one attached hydrogen (secondary N) is 2. The first-order valence-corrected chi connectivity index (χ1v) is 14.2. The van der Waals surface area contributed by atoms with E-state index in [2.05, 4.69) is 32.0 Å². The summed E-state index contributed by atoms with van der Waals surface area (Å²) in [6, 6.07) is 15.5. The molecule has 0 atom stereocenters. The Morgan fingerprint density at radius 2 is 2.10 bits per heavy atom. The van der Waals surface area contributed by atoms with Crippen LogP contribution in [0.1, 0.15) is 16.1 Å². The molecule has 208 valence electrons. The number of thiophene rings is 1. The van der Waals surface area contributed by atoms with Gasteiger partial charge in [0.1, 0.15) is 17.3 Å². The van der Waals surface area contributed by atoms with E-state index in [-0.39, 0.29) is 11.8 Å². The number of aryl methyl sites for hydroxylation is 1. The van der Waals surface area contributed by atoms with Gasteiger partial charge in [-0.05, 0) is 35.2 Å². The molecule has 2 aromatic carbocycles. The highest BCUT2D eigenvalue weighted by Gasteiger charge is 2.18. The Kier molecular flexibility index (Phi) is 7.17. The van der Waals surface area contributed by atoms with Crippen LogP contribution < -0.4 is 21.1 Å². The Morgan fingerprint density at radius 1 is 1.24 bits per heavy atom. The van der Waals surface area contributed by atoms with Crippen LogP contribution in [0.3, 0.4) is 0 Å². The summed E-state index contributed by atoms with van der Waals surface area (Å²) in [4.78, 5) is 31.4. The molecule has 1 saturated heterocycles. The molecule has 4 N–H and O–H groups in total. The number of piperazine rings is 1. The molecular formula is C31H30N6O3S. The van der Waals surface area contributed by atoms with Crippen molar-refractivity contribution >= 4 is 61.7 Å². The van der Waals surface area contributed by atoms with Gasteiger partial charge in [0.05, 0.1) is 19.3 Å². The normalized spacial score (nSPS) is 14.1. The van der Waals surface area contributed by atoms with Crippen molar-refractivity contribution in [2.45, 2.75) is 0 Å². The quantitative estimate of drug-likeness (QED) is 0.262. The van der Waals surface area contributed by atoms with E-state index >= 15 is 0 Å². The number of aromatic nitrogens is 2. The summed E-state index contributed by atoms with van der Waals surface area (Å²) in [6.45, 7) is 2.59. The van der Waals surface area contributed by atoms with Crippen molar-refractivity contribution in [1.29, 1.82) is 0 Å². The standard InChI is InChI=1S/C31H30N6O3S/c1-36-24-8-4-3-6-20(24)14-25(36)31(39)35-23-10-9-19(15-26(23)40-2)22-18-41-29-21(16-34-30(32)28(22)29)7-5-12-37-13-11-33-27(38)17-37/h3-10,14-16,18H,11-13,17H2,1-2H3,(H2,32,34)(H,33,38)(H,35,39)/b7-5+. The van der Waals surface area contributed by atoms with Crippen LogP contribution in [0.2, 0.25) is 0 Å². The fraction of sp³-hybridized carbons (Fsp3) is 0.194. The molecule has 1 aliphatic heterocycles. The van der Waals surface area contributed by atoms with Crippen molar-refractivity contribution in [3.63, 3.8) is 0 Å². The lowest BCUT2D eigenvalue weighted by Crippen LogP contribution is -2.47. The number of hydrogen-bond donors (Lipinski definition) is 3. The highest BCUT2D eigenvalue weighted by molar-refractivity contribution is 7.18. The van der Waals surface area contributed by atoms with Crippen LogP contribution in [0.25, 0.3) is 38.2 Å². The third kappa shape index (κ3) is 5.15. The number of nitrogens with two attached hydrogens (primary N) is 1. The average molecular weight is 567 g/mol. The number of para-hydroxylation sites is 1. The summed E-state index contributed by atoms with van der Waals surface area (Å²) in [6.07, 6.45) is 5.87. The average Bonchev–Trinajstić information content (AvgIpc) is 3.57. The van der Waals surface area contributed by atoms with Gasteiger partial charge in [-0.15, -0.1) is 11.3 Å². The summed E-state index contributed by atoms with van der Waals surface area (Å²) in [7, 11) is 3.47. The Balaban J connectivity index is 1.26. The van der Waals surface area contributed by atoms with Crippen molar-refractivity contribution < 1.29 is 14.3 Å². The van der Waals surface area contributed by atoms with Crippen LogP contribution in [-0.4, -0.2) is 59.6 Å². The molecule has 3 aromatic heterocycles. The number of anilines is 2. The van der Waals surface area contributed by atoms with E-state index in [0.29, 0.717) is 42.6 Å². The van der Waals surface area contributed by atoms with E-state index in [1.165, 1.54) is 0 Å². The Labute approximate surface area is 241 Å². The van der Waals surface area contributed by atoms with E-state index in [9.17, 15) is 9.59 Å². The summed E-state index contributed by atoms with van der Waals surface area (Å²) in [5, 5.41) is 9.80. The fourth-order valence-electron chi connectivity index (χ4n) is 5.25. The molecule has 6 rings (SSSR count). The van der Waals surface area contributed by atoms with E-state index in [0.717, 1.165) is 44.2 Å². The maximum atomic E-state index is 13.2. The second-order valence-electron chi connectivity index (χ2n) is 9.96. The summed E-state index contributed by atoms with van der Waals surface area (Å²) in [5.41, 5.74) is 11.3. The fourth-order valence-corrected chi connectivity index (χ4v) is 6.33. The van der Waals surface area contributed by atoms with E-state index in [4.69, 9.17) is 10.5 Å². The lowest BCUT2D eigenvalue weighted by molar-refractivity contribution is -0.123. The van der Waals surface area contributed by atoms with Gasteiger partial charge in [-0.1, -0.05) is 36.4 Å². The zero-order valence-electron chi connectivity index (χ0n) is 22.8. The molecule has 9 nitrogen and oxygen atoms in total. The largest absolute Gasteiger partial charge is 0.495 e. The third-order valence-electron chi connectivity index (χ3n) is 7.38. The number of carbonyl (C=O) groups is 2. The number of ether oxygens (including phenoxy) is 1. The molecule has 0 aliphatic carbocycles. The number of nitrogen functional groups attached to an aromatic ring is 1. The van der Waals surface area contributed by atoms with E-state index < -0.39 is 0 Å². The molecule has 41 heavy (non-hydrogen) atoms. The Morgan fingerprint density at radius 3 is 2.90 bits per heavy atom. The number of amides is 2. The van der Waals surface area contributed by atoms with Gasteiger partial charge in [0.2, 0.25) is 5.91 Å². The summed E-state index contributed by atoms with van der Waals surface area (Å²) in [5.74, 6) is 0.833. The molecule has 1 aliphatic rings. The molecule has 5 aromatic rings. The van der Waals surface area contributed by atoms with Gasteiger partial charge in [0, 0.05) is 65.0 Å². The number of methoxy groups -OCH3 is 1. The molecule has 10 heteroatoms. The maximum absolute atomic E-state index is 13.2. The minimum absolute atomic E-state index is 0.0543. The number of rotatable bonds is 7. The Hall–Kier alpha value is -4.67. The van der Waals surface area contributed by atoms with Crippen LogP contribution in [0, 0.1) is 0 Å². The Bertz CT molecular complexity index is 1820. The number of pyridine rings is 1. The second-order valence-corrected chi connectivity index (χ2v) is 10.8. The van der Waals surface area contributed by atoms with Gasteiger partial charge < -0.3 is 25.7 Å². The van der Waals surface area contributed by atoms with Crippen LogP contribution >= 0.6 is 11.3 Å². The summed E-state index contributed by atoms with van der Waals surface area (Å²) >= 11 is 1.60. The van der Waals surface area contributed by atoms with Gasteiger partial charge in [-0.2, -0.15) is 0 Å². The SMILES string of the molecule is COc1cc(-c2csc3c(/C=C/CN4CCNC(=O)C4)cnc(N)c23)ccc1NC(=O)c1cc2ccccc2n1C. The first-order chi connectivity index (χ1) is 19.9. The van der Waals surface area contributed by atoms with Crippen LogP contribution in [-0.2, 0) is 11.8 Å². The predicted octanol–water partition coefficient (Wildman–Crippen LogP) is 4.74. The molecule has 0 unspecified atom stereocenters. The minimum atomic E-state index is -0.217. The lowest BCUT2D eigenvalue weighted by atomic mass is 10.0. The number of benzene rings is 2. The van der Waals surface area contributed by atoms with Crippen molar-refractivity contribution in [1.82, 2.24) is 19.8 Å². The number of nitrogens with zero attached hydrogens (tertiary/aromatic N) is 3. The monoisotopic (exact) mass is 566 g/mol. The molecule has 2 amide bonds. The topological polar surface area (TPSA) is 115 Å². The smallest absolute Gasteiger partial charge is 0.272 e. The van der Waals surface area contributed by atoms with Crippen LogP contribution in [0.15, 0.2) is 66.2 Å².